The molecule has 0 saturated heterocycles. The summed E-state index contributed by atoms with van der Waals surface area (Å²) in [7, 11) is 1.84. The van der Waals surface area contributed by atoms with Crippen LogP contribution >= 0.6 is 0 Å². The molecule has 1 aromatic heterocycles. The molecular formula is C15H17F3N2. The largest absolute Gasteiger partial charge is 0.416 e. The summed E-state index contributed by atoms with van der Waals surface area (Å²) >= 11 is 0. The third-order valence-corrected chi connectivity index (χ3v) is 3.33. The van der Waals surface area contributed by atoms with Crippen LogP contribution in [0, 0.1) is 13.8 Å². The molecule has 108 valence electrons. The van der Waals surface area contributed by atoms with Crippen LogP contribution in [-0.2, 0) is 12.7 Å². The van der Waals surface area contributed by atoms with Crippen LogP contribution < -0.4 is 5.32 Å². The first-order valence-corrected chi connectivity index (χ1v) is 6.34. The second-order valence-corrected chi connectivity index (χ2v) is 4.81. The average molecular weight is 282 g/mol. The molecule has 0 unspecified atom stereocenters. The first-order valence-electron chi connectivity index (χ1n) is 6.34. The second-order valence-electron chi connectivity index (χ2n) is 4.81. The van der Waals surface area contributed by atoms with Gasteiger partial charge in [0.1, 0.15) is 0 Å². The molecule has 0 amide bonds. The van der Waals surface area contributed by atoms with Gasteiger partial charge in [0.25, 0.3) is 0 Å². The van der Waals surface area contributed by atoms with Crippen molar-refractivity contribution in [3.05, 3.63) is 52.8 Å². The number of rotatable bonds is 3. The number of nitrogens with one attached hydrogen (secondary N) is 1. The van der Waals surface area contributed by atoms with Crippen LogP contribution in [0.15, 0.2) is 30.3 Å². The molecule has 0 bridgehead atoms. The summed E-state index contributed by atoms with van der Waals surface area (Å²) in [4.78, 5) is 0. The summed E-state index contributed by atoms with van der Waals surface area (Å²) in [6.45, 7) is 4.50. The Morgan fingerprint density at radius 3 is 2.45 bits per heavy atom. The third kappa shape index (κ3) is 2.72. The molecule has 5 heteroatoms. The van der Waals surface area contributed by atoms with Crippen molar-refractivity contribution in [2.45, 2.75) is 26.6 Å². The molecule has 1 heterocycles. The van der Waals surface area contributed by atoms with E-state index in [0.29, 0.717) is 12.2 Å². The fourth-order valence-electron chi connectivity index (χ4n) is 2.42. The molecule has 2 rings (SSSR count). The van der Waals surface area contributed by atoms with E-state index in [4.69, 9.17) is 0 Å². The number of hydrogen-bond donors (Lipinski definition) is 1. The Labute approximate surface area is 116 Å². The molecule has 20 heavy (non-hydrogen) atoms. The van der Waals surface area contributed by atoms with Crippen LogP contribution in [0.2, 0.25) is 0 Å². The van der Waals surface area contributed by atoms with Gasteiger partial charge in [0.15, 0.2) is 0 Å². The first kappa shape index (κ1) is 14.7. The fraction of sp³-hybridized carbons (Fsp3) is 0.333. The van der Waals surface area contributed by atoms with Gasteiger partial charge in [0.2, 0.25) is 0 Å². The number of hydrogen-bond acceptors (Lipinski definition) is 1. The minimum atomic E-state index is -4.32. The van der Waals surface area contributed by atoms with Gasteiger partial charge >= 0.3 is 6.18 Å². The van der Waals surface area contributed by atoms with E-state index in [-0.39, 0.29) is 0 Å². The highest BCUT2D eigenvalue weighted by Crippen LogP contribution is 2.31. The molecule has 1 aromatic carbocycles. The molecule has 0 spiro atoms. The van der Waals surface area contributed by atoms with Gasteiger partial charge in [-0.25, -0.2) is 0 Å². The van der Waals surface area contributed by atoms with E-state index in [2.05, 4.69) is 5.32 Å². The first-order chi connectivity index (χ1) is 9.34. The third-order valence-electron chi connectivity index (χ3n) is 3.33. The lowest BCUT2D eigenvalue weighted by atomic mass is 10.2. The fourth-order valence-corrected chi connectivity index (χ4v) is 2.42. The molecule has 0 aliphatic heterocycles. The number of alkyl halides is 3. The van der Waals surface area contributed by atoms with Gasteiger partial charge in [-0.1, -0.05) is 6.07 Å². The summed E-state index contributed by atoms with van der Waals surface area (Å²) in [5.74, 6) is 0. The summed E-state index contributed by atoms with van der Waals surface area (Å²) in [6, 6.07) is 7.40. The molecule has 0 radical (unpaired) electrons. The van der Waals surface area contributed by atoms with Crippen molar-refractivity contribution in [2.24, 2.45) is 0 Å². The van der Waals surface area contributed by atoms with Crippen molar-refractivity contribution >= 4 is 0 Å². The Morgan fingerprint density at radius 2 is 1.85 bits per heavy atom. The maximum atomic E-state index is 12.8. The van der Waals surface area contributed by atoms with Crippen LogP contribution in [0.3, 0.4) is 0 Å². The minimum Gasteiger partial charge on any atom is -0.318 e. The highest BCUT2D eigenvalue weighted by atomic mass is 19.4. The smallest absolute Gasteiger partial charge is 0.318 e. The predicted molar refractivity (Wildman–Crippen MR) is 73.0 cm³/mol. The topological polar surface area (TPSA) is 17.0 Å². The van der Waals surface area contributed by atoms with Crippen molar-refractivity contribution in [1.29, 1.82) is 0 Å². The Morgan fingerprint density at radius 1 is 1.15 bits per heavy atom. The quantitative estimate of drug-likeness (QED) is 0.905. The SMILES string of the molecule is CNCc1cc(C)n(-c2cccc(C(F)(F)F)c2)c1C. The second kappa shape index (κ2) is 5.32. The molecule has 0 atom stereocenters. The zero-order valence-electron chi connectivity index (χ0n) is 11.7. The number of halogens is 3. The van der Waals surface area contributed by atoms with Crippen LogP contribution in [0.4, 0.5) is 13.2 Å². The number of aryl methyl sites for hydroxylation is 1. The maximum Gasteiger partial charge on any atom is 0.416 e. The predicted octanol–water partition coefficient (Wildman–Crippen LogP) is 3.83. The number of benzene rings is 1. The Kier molecular flexibility index (Phi) is 3.90. The summed E-state index contributed by atoms with van der Waals surface area (Å²) in [6.07, 6.45) is -4.32. The monoisotopic (exact) mass is 282 g/mol. The molecule has 1 N–H and O–H groups in total. The van der Waals surface area contributed by atoms with Crippen LogP contribution in [-0.4, -0.2) is 11.6 Å². The maximum absolute atomic E-state index is 12.8. The Bertz CT molecular complexity index is 612. The number of nitrogens with zero attached hydrogens (tertiary/aromatic N) is 1. The zero-order valence-corrected chi connectivity index (χ0v) is 11.7. The molecule has 2 aromatic rings. The summed E-state index contributed by atoms with van der Waals surface area (Å²) < 4.78 is 40.2. The minimum absolute atomic E-state index is 0.539. The zero-order chi connectivity index (χ0) is 14.9. The van der Waals surface area contributed by atoms with E-state index in [9.17, 15) is 13.2 Å². The standard InChI is InChI=1S/C15H17F3N2/c1-10-7-12(9-19-3)11(2)20(10)14-6-4-5-13(8-14)15(16,17)18/h4-8,19H,9H2,1-3H3. The van der Waals surface area contributed by atoms with Crippen LogP contribution in [0.5, 0.6) is 0 Å². The van der Waals surface area contributed by atoms with Gasteiger partial charge < -0.3 is 9.88 Å². The molecule has 2 nitrogen and oxygen atoms in total. The van der Waals surface area contributed by atoms with Gasteiger partial charge in [-0.05, 0) is 50.7 Å². The molecule has 0 fully saturated rings. The van der Waals surface area contributed by atoms with Gasteiger partial charge in [-0.15, -0.1) is 0 Å². The van der Waals surface area contributed by atoms with Crippen molar-refractivity contribution in [3.63, 3.8) is 0 Å². The van der Waals surface area contributed by atoms with Crippen molar-refractivity contribution in [3.8, 4) is 5.69 Å². The molecular weight excluding hydrogens is 265 g/mol. The molecule has 0 aliphatic rings. The highest BCUT2D eigenvalue weighted by Gasteiger charge is 2.30. The Hall–Kier alpha value is -1.75. The summed E-state index contributed by atoms with van der Waals surface area (Å²) in [5, 5.41) is 3.06. The van der Waals surface area contributed by atoms with E-state index in [0.717, 1.165) is 23.0 Å². The summed E-state index contributed by atoms with van der Waals surface area (Å²) in [5.41, 5.74) is 2.88. The van der Waals surface area contributed by atoms with Gasteiger partial charge in [0, 0.05) is 23.6 Å². The molecule has 0 saturated carbocycles. The van der Waals surface area contributed by atoms with Gasteiger partial charge in [-0.3, -0.25) is 0 Å². The lowest BCUT2D eigenvalue weighted by Gasteiger charge is -2.13. The van der Waals surface area contributed by atoms with Crippen LogP contribution in [0.1, 0.15) is 22.5 Å². The van der Waals surface area contributed by atoms with Crippen molar-refractivity contribution in [2.75, 3.05) is 7.05 Å². The highest BCUT2D eigenvalue weighted by molar-refractivity contribution is 5.43. The van der Waals surface area contributed by atoms with Crippen molar-refractivity contribution in [1.82, 2.24) is 9.88 Å². The lowest BCUT2D eigenvalue weighted by Crippen LogP contribution is -2.08. The average Bonchev–Trinajstić information content (AvgIpc) is 2.64. The van der Waals surface area contributed by atoms with E-state index < -0.39 is 11.7 Å². The van der Waals surface area contributed by atoms with Gasteiger partial charge in [0.05, 0.1) is 5.56 Å². The Balaban J connectivity index is 2.52. The number of aromatic nitrogens is 1. The van der Waals surface area contributed by atoms with E-state index in [1.54, 1.807) is 6.07 Å². The van der Waals surface area contributed by atoms with E-state index >= 15 is 0 Å². The van der Waals surface area contributed by atoms with E-state index in [1.165, 1.54) is 12.1 Å². The lowest BCUT2D eigenvalue weighted by molar-refractivity contribution is -0.137. The van der Waals surface area contributed by atoms with Gasteiger partial charge in [-0.2, -0.15) is 13.2 Å². The molecule has 0 aliphatic carbocycles. The van der Waals surface area contributed by atoms with Crippen molar-refractivity contribution < 1.29 is 13.2 Å². The van der Waals surface area contributed by atoms with E-state index in [1.807, 2.05) is 31.5 Å². The van der Waals surface area contributed by atoms with Crippen LogP contribution in [0.25, 0.3) is 5.69 Å². The normalized spacial score (nSPS) is 11.9.